The summed E-state index contributed by atoms with van der Waals surface area (Å²) < 4.78 is 10.6. The van der Waals surface area contributed by atoms with E-state index < -0.39 is 4.92 Å². The van der Waals surface area contributed by atoms with Gasteiger partial charge in [0.15, 0.2) is 11.5 Å². The number of ether oxygens (including phenoxy) is 2. The maximum Gasteiger partial charge on any atom is 0.273 e. The Bertz CT molecular complexity index is 740. The van der Waals surface area contributed by atoms with Gasteiger partial charge >= 0.3 is 0 Å². The number of rotatable bonds is 4. The molecule has 106 valence electrons. The van der Waals surface area contributed by atoms with Gasteiger partial charge in [-0.3, -0.25) is 10.1 Å². The van der Waals surface area contributed by atoms with E-state index in [1.165, 1.54) is 37.4 Å². The summed E-state index contributed by atoms with van der Waals surface area (Å²) in [5, 5.41) is 19.8. The van der Waals surface area contributed by atoms with Gasteiger partial charge in [-0.05, 0) is 18.2 Å². The minimum absolute atomic E-state index is 0.120. The Balaban J connectivity index is 2.38. The molecule has 0 radical (unpaired) electrons. The van der Waals surface area contributed by atoms with Crippen LogP contribution in [0.25, 0.3) is 0 Å². The number of hydrogen-bond donors (Lipinski definition) is 0. The van der Waals surface area contributed by atoms with Crippen LogP contribution < -0.4 is 9.47 Å². The summed E-state index contributed by atoms with van der Waals surface area (Å²) in [5.41, 5.74) is 0.195. The monoisotopic (exact) mass is 304 g/mol. The first-order chi connectivity index (χ1) is 10.0. The van der Waals surface area contributed by atoms with Gasteiger partial charge < -0.3 is 9.47 Å². The molecule has 0 aliphatic rings. The van der Waals surface area contributed by atoms with Gasteiger partial charge in [0, 0.05) is 12.1 Å². The topological polar surface area (TPSA) is 85.4 Å². The molecule has 0 amide bonds. The molecule has 2 aromatic carbocycles. The molecule has 0 saturated carbocycles. The summed E-state index contributed by atoms with van der Waals surface area (Å²) in [7, 11) is 1.43. The highest BCUT2D eigenvalue weighted by molar-refractivity contribution is 6.31. The molecule has 0 N–H and O–H groups in total. The number of nitrogens with zero attached hydrogens (tertiary/aromatic N) is 2. The third kappa shape index (κ3) is 3.22. The summed E-state index contributed by atoms with van der Waals surface area (Å²) in [6.07, 6.45) is 0. The van der Waals surface area contributed by atoms with Crippen molar-refractivity contribution in [3.63, 3.8) is 0 Å². The number of non-ortho nitro benzene ring substituents is 1. The van der Waals surface area contributed by atoms with Crippen molar-refractivity contribution in [2.75, 3.05) is 7.11 Å². The van der Waals surface area contributed by atoms with Crippen LogP contribution in [0.2, 0.25) is 5.02 Å². The molecule has 0 aliphatic heterocycles. The quantitative estimate of drug-likeness (QED) is 0.631. The second-order valence-electron chi connectivity index (χ2n) is 3.95. The average Bonchev–Trinajstić information content (AvgIpc) is 2.47. The Hall–Kier alpha value is -2.78. The predicted molar refractivity (Wildman–Crippen MR) is 75.9 cm³/mol. The van der Waals surface area contributed by atoms with Crippen molar-refractivity contribution in [3.8, 4) is 23.3 Å². The Morgan fingerprint density at radius 3 is 2.57 bits per heavy atom. The Labute approximate surface area is 125 Å². The lowest BCUT2D eigenvalue weighted by molar-refractivity contribution is -0.384. The van der Waals surface area contributed by atoms with Crippen LogP contribution in [0.1, 0.15) is 5.56 Å². The van der Waals surface area contributed by atoms with Crippen molar-refractivity contribution in [2.45, 2.75) is 0 Å². The molecule has 7 heteroatoms. The fourth-order valence-corrected chi connectivity index (χ4v) is 1.85. The summed E-state index contributed by atoms with van der Waals surface area (Å²) in [4.78, 5) is 10.3. The van der Waals surface area contributed by atoms with E-state index in [9.17, 15) is 10.1 Å². The molecule has 21 heavy (non-hydrogen) atoms. The highest BCUT2D eigenvalue weighted by atomic mass is 35.5. The van der Waals surface area contributed by atoms with Crippen LogP contribution in [-0.2, 0) is 0 Å². The van der Waals surface area contributed by atoms with Crippen molar-refractivity contribution in [3.05, 3.63) is 57.1 Å². The largest absolute Gasteiger partial charge is 0.493 e. The van der Waals surface area contributed by atoms with Crippen LogP contribution in [0, 0.1) is 21.4 Å². The molecule has 2 aromatic rings. The first-order valence-corrected chi connectivity index (χ1v) is 6.13. The van der Waals surface area contributed by atoms with Crippen LogP contribution >= 0.6 is 11.6 Å². The van der Waals surface area contributed by atoms with Gasteiger partial charge in [-0.15, -0.1) is 0 Å². The fourth-order valence-electron chi connectivity index (χ4n) is 1.64. The fraction of sp³-hybridized carbons (Fsp3) is 0.0714. The molecule has 6 nitrogen and oxygen atoms in total. The molecule has 0 unspecified atom stereocenters. The molecule has 2 rings (SSSR count). The summed E-state index contributed by atoms with van der Waals surface area (Å²) in [5.74, 6) is 0.881. The van der Waals surface area contributed by atoms with E-state index in [-0.39, 0.29) is 16.5 Å². The van der Waals surface area contributed by atoms with E-state index in [1.807, 2.05) is 6.07 Å². The zero-order chi connectivity index (χ0) is 15.4. The normalized spacial score (nSPS) is 9.76. The van der Waals surface area contributed by atoms with Crippen LogP contribution in [0.15, 0.2) is 36.4 Å². The first kappa shape index (κ1) is 14.6. The third-order valence-electron chi connectivity index (χ3n) is 2.65. The van der Waals surface area contributed by atoms with Crippen LogP contribution in [-0.4, -0.2) is 12.0 Å². The number of benzene rings is 2. The van der Waals surface area contributed by atoms with E-state index in [0.29, 0.717) is 17.1 Å². The van der Waals surface area contributed by atoms with Crippen molar-refractivity contribution >= 4 is 17.3 Å². The Morgan fingerprint density at radius 1 is 1.24 bits per heavy atom. The van der Waals surface area contributed by atoms with Crippen molar-refractivity contribution in [2.24, 2.45) is 0 Å². The van der Waals surface area contributed by atoms with Crippen LogP contribution in [0.4, 0.5) is 5.69 Å². The molecule has 0 saturated heterocycles. The van der Waals surface area contributed by atoms with Gasteiger partial charge in [-0.1, -0.05) is 11.6 Å². The predicted octanol–water partition coefficient (Wildman–Crippen LogP) is 3.92. The molecule has 0 fully saturated rings. The van der Waals surface area contributed by atoms with E-state index in [0.717, 1.165) is 0 Å². The van der Waals surface area contributed by atoms with Gasteiger partial charge in [0.25, 0.3) is 5.69 Å². The number of nitro groups is 1. The zero-order valence-corrected chi connectivity index (χ0v) is 11.6. The summed E-state index contributed by atoms with van der Waals surface area (Å²) in [6, 6.07) is 10.4. The van der Waals surface area contributed by atoms with Gasteiger partial charge in [0.05, 0.1) is 28.7 Å². The molecule has 0 atom stereocenters. The molecular formula is C14H9ClN2O4. The zero-order valence-electron chi connectivity index (χ0n) is 10.9. The minimum atomic E-state index is -0.530. The SMILES string of the molecule is COc1ccc([N+](=O)[O-])cc1Oc1ccc(C#N)c(Cl)c1. The van der Waals surface area contributed by atoms with Gasteiger partial charge in [-0.25, -0.2) is 0 Å². The van der Waals surface area contributed by atoms with E-state index in [1.54, 1.807) is 6.07 Å². The van der Waals surface area contributed by atoms with E-state index >= 15 is 0 Å². The Kier molecular flexibility index (Phi) is 4.26. The maximum absolute atomic E-state index is 10.8. The third-order valence-corrected chi connectivity index (χ3v) is 2.96. The Morgan fingerprint density at radius 2 is 2.00 bits per heavy atom. The highest BCUT2D eigenvalue weighted by Gasteiger charge is 2.13. The molecule has 0 aliphatic carbocycles. The van der Waals surface area contributed by atoms with Gasteiger partial charge in [-0.2, -0.15) is 5.26 Å². The van der Waals surface area contributed by atoms with Crippen molar-refractivity contribution in [1.29, 1.82) is 5.26 Å². The highest BCUT2D eigenvalue weighted by Crippen LogP contribution is 2.35. The number of nitriles is 1. The van der Waals surface area contributed by atoms with Gasteiger partial charge in [0.2, 0.25) is 0 Å². The molecule has 0 aromatic heterocycles. The van der Waals surface area contributed by atoms with E-state index in [4.69, 9.17) is 26.3 Å². The lowest BCUT2D eigenvalue weighted by atomic mass is 10.2. The van der Waals surface area contributed by atoms with Gasteiger partial charge in [0.1, 0.15) is 11.8 Å². The number of methoxy groups -OCH3 is 1. The molecular weight excluding hydrogens is 296 g/mol. The number of halogens is 1. The summed E-state index contributed by atoms with van der Waals surface area (Å²) >= 11 is 5.91. The average molecular weight is 305 g/mol. The molecule has 0 heterocycles. The number of hydrogen-bond acceptors (Lipinski definition) is 5. The van der Waals surface area contributed by atoms with Crippen LogP contribution in [0.3, 0.4) is 0 Å². The lowest BCUT2D eigenvalue weighted by Gasteiger charge is -2.10. The van der Waals surface area contributed by atoms with Crippen LogP contribution in [0.5, 0.6) is 17.2 Å². The summed E-state index contributed by atoms with van der Waals surface area (Å²) in [6.45, 7) is 0. The van der Waals surface area contributed by atoms with Crippen molar-refractivity contribution in [1.82, 2.24) is 0 Å². The van der Waals surface area contributed by atoms with Crippen molar-refractivity contribution < 1.29 is 14.4 Å². The smallest absolute Gasteiger partial charge is 0.273 e. The second kappa shape index (κ2) is 6.11. The first-order valence-electron chi connectivity index (χ1n) is 5.75. The lowest BCUT2D eigenvalue weighted by Crippen LogP contribution is -1.94. The maximum atomic E-state index is 10.8. The van der Waals surface area contributed by atoms with E-state index in [2.05, 4.69) is 0 Å². The number of nitro benzene ring substituents is 1. The molecule has 0 bridgehead atoms. The minimum Gasteiger partial charge on any atom is -0.493 e. The second-order valence-corrected chi connectivity index (χ2v) is 4.35. The standard InChI is InChI=1S/C14H9ClN2O4/c1-20-13-5-3-10(17(18)19)6-14(13)21-11-4-2-9(8-16)12(15)7-11/h2-7H,1H3. The molecule has 0 spiro atoms.